The van der Waals surface area contributed by atoms with Gasteiger partial charge in [0.05, 0.1) is 28.0 Å². The Kier molecular flexibility index (Phi) is 4.21. The van der Waals surface area contributed by atoms with E-state index in [1.807, 2.05) is 6.07 Å². The summed E-state index contributed by atoms with van der Waals surface area (Å²) >= 11 is 0. The van der Waals surface area contributed by atoms with Crippen molar-refractivity contribution >= 4 is 10.8 Å². The van der Waals surface area contributed by atoms with Gasteiger partial charge in [0.15, 0.2) is 0 Å². The molecule has 2 aliphatic carbocycles. The summed E-state index contributed by atoms with van der Waals surface area (Å²) in [5, 5.41) is 9.38. The third kappa shape index (κ3) is 2.67. The van der Waals surface area contributed by atoms with Crippen molar-refractivity contribution in [2.24, 2.45) is 5.92 Å². The number of nitrogens with zero attached hydrogens (tertiary/aromatic N) is 1. The highest BCUT2D eigenvalue weighted by molar-refractivity contribution is 7.85. The first-order valence-electron chi connectivity index (χ1n) is 7.71. The number of rotatable bonds is 2. The van der Waals surface area contributed by atoms with Crippen molar-refractivity contribution in [3.05, 3.63) is 29.3 Å². The van der Waals surface area contributed by atoms with Gasteiger partial charge in [-0.3, -0.25) is 4.21 Å². The molecule has 0 spiro atoms. The van der Waals surface area contributed by atoms with Gasteiger partial charge in [0, 0.05) is 4.90 Å². The Morgan fingerprint density at radius 3 is 2.70 bits per heavy atom. The molecule has 1 aromatic rings. The molecule has 0 amide bonds. The lowest BCUT2D eigenvalue weighted by atomic mass is 10.0. The van der Waals surface area contributed by atoms with Crippen molar-refractivity contribution in [3.8, 4) is 6.07 Å². The average Bonchev–Trinajstić information content (AvgIpc) is 2.81. The van der Waals surface area contributed by atoms with Gasteiger partial charge in [0.2, 0.25) is 0 Å². The van der Waals surface area contributed by atoms with Crippen molar-refractivity contribution < 1.29 is 4.21 Å². The summed E-state index contributed by atoms with van der Waals surface area (Å²) in [4.78, 5) is 0.942. The zero-order valence-corrected chi connectivity index (χ0v) is 12.6. The van der Waals surface area contributed by atoms with E-state index in [4.69, 9.17) is 0 Å². The summed E-state index contributed by atoms with van der Waals surface area (Å²) in [5.74, 6) is -0.0356. The predicted octanol–water partition coefficient (Wildman–Crippen LogP) is 3.76. The molecule has 3 heteroatoms. The van der Waals surface area contributed by atoms with Gasteiger partial charge in [-0.05, 0) is 55.4 Å². The molecule has 106 valence electrons. The lowest BCUT2D eigenvalue weighted by molar-refractivity contribution is 0.564. The minimum absolute atomic E-state index is 0.0296. The van der Waals surface area contributed by atoms with Crippen LogP contribution in [0.25, 0.3) is 0 Å². The Morgan fingerprint density at radius 1 is 1.05 bits per heavy atom. The highest BCUT2D eigenvalue weighted by atomic mass is 32.2. The highest BCUT2D eigenvalue weighted by Crippen LogP contribution is 2.31. The molecule has 20 heavy (non-hydrogen) atoms. The van der Waals surface area contributed by atoms with E-state index in [9.17, 15) is 9.47 Å². The molecule has 0 saturated heterocycles. The second-order valence-electron chi connectivity index (χ2n) is 5.99. The maximum absolute atomic E-state index is 12.9. The van der Waals surface area contributed by atoms with Gasteiger partial charge in [0.1, 0.15) is 0 Å². The van der Waals surface area contributed by atoms with E-state index >= 15 is 0 Å². The smallest absolute Gasteiger partial charge is 0.0668 e. The predicted molar refractivity (Wildman–Crippen MR) is 80.9 cm³/mol. The fourth-order valence-electron chi connectivity index (χ4n) is 3.53. The molecule has 2 aliphatic rings. The zero-order chi connectivity index (χ0) is 13.9. The molecule has 3 rings (SSSR count). The van der Waals surface area contributed by atoms with Crippen LogP contribution in [0.5, 0.6) is 0 Å². The van der Waals surface area contributed by atoms with Gasteiger partial charge in [-0.1, -0.05) is 25.3 Å². The Balaban J connectivity index is 1.85. The van der Waals surface area contributed by atoms with Crippen LogP contribution < -0.4 is 0 Å². The number of hydrogen-bond acceptors (Lipinski definition) is 2. The molecule has 3 atom stereocenters. The minimum Gasteiger partial charge on any atom is -0.254 e. The third-order valence-electron chi connectivity index (χ3n) is 4.70. The first kappa shape index (κ1) is 13.8. The van der Waals surface area contributed by atoms with E-state index in [-0.39, 0.29) is 11.2 Å². The van der Waals surface area contributed by atoms with Crippen LogP contribution in [0.3, 0.4) is 0 Å². The van der Waals surface area contributed by atoms with Gasteiger partial charge in [-0.15, -0.1) is 0 Å². The number of hydrogen-bond donors (Lipinski definition) is 0. The lowest BCUT2D eigenvalue weighted by Crippen LogP contribution is -2.23. The van der Waals surface area contributed by atoms with Crippen molar-refractivity contribution in [2.75, 3.05) is 0 Å². The largest absolute Gasteiger partial charge is 0.254 e. The molecule has 1 fully saturated rings. The highest BCUT2D eigenvalue weighted by Gasteiger charge is 2.29. The molecule has 1 saturated carbocycles. The molecule has 0 radical (unpaired) electrons. The number of aryl methyl sites for hydroxylation is 2. The SMILES string of the molecule is N#CC1CCCCCC1S(=O)c1ccc2c(c1)CCC2. The van der Waals surface area contributed by atoms with Gasteiger partial charge in [0.25, 0.3) is 0 Å². The summed E-state index contributed by atoms with van der Waals surface area (Å²) in [6.45, 7) is 0. The molecular formula is C17H21NOS. The van der Waals surface area contributed by atoms with Crippen LogP contribution in [0.15, 0.2) is 23.1 Å². The maximum atomic E-state index is 12.9. The molecular weight excluding hydrogens is 266 g/mol. The standard InChI is InChI=1S/C17H21NOS/c18-12-15-5-2-1-3-8-17(15)20(19)16-10-9-13-6-4-7-14(13)11-16/h9-11,15,17H,1-8H2. The molecule has 3 unspecified atom stereocenters. The Bertz CT molecular complexity index is 561. The van der Waals surface area contributed by atoms with Gasteiger partial charge in [-0.2, -0.15) is 5.26 Å². The van der Waals surface area contributed by atoms with Crippen LogP contribution in [-0.2, 0) is 23.6 Å². The van der Waals surface area contributed by atoms with Crippen LogP contribution in [0.1, 0.15) is 49.7 Å². The Morgan fingerprint density at radius 2 is 1.85 bits per heavy atom. The summed E-state index contributed by atoms with van der Waals surface area (Å²) in [6.07, 6.45) is 8.74. The van der Waals surface area contributed by atoms with Crippen LogP contribution in [-0.4, -0.2) is 9.46 Å². The van der Waals surface area contributed by atoms with E-state index in [1.54, 1.807) is 0 Å². The number of benzene rings is 1. The van der Waals surface area contributed by atoms with E-state index < -0.39 is 10.8 Å². The monoisotopic (exact) mass is 287 g/mol. The van der Waals surface area contributed by atoms with Crippen LogP contribution in [0, 0.1) is 17.2 Å². The fourth-order valence-corrected chi connectivity index (χ4v) is 5.21. The van der Waals surface area contributed by atoms with E-state index in [1.165, 1.54) is 24.0 Å². The average molecular weight is 287 g/mol. The molecule has 0 aromatic heterocycles. The van der Waals surface area contributed by atoms with Gasteiger partial charge < -0.3 is 0 Å². The summed E-state index contributed by atoms with van der Waals surface area (Å²) in [5.41, 5.74) is 2.79. The van der Waals surface area contributed by atoms with Crippen LogP contribution >= 0.6 is 0 Å². The zero-order valence-electron chi connectivity index (χ0n) is 11.8. The first-order valence-corrected chi connectivity index (χ1v) is 8.93. The number of fused-ring (bicyclic) bond motifs is 1. The Hall–Kier alpha value is -1.14. The first-order chi connectivity index (χ1) is 9.79. The molecule has 0 heterocycles. The fraction of sp³-hybridized carbons (Fsp3) is 0.588. The molecule has 0 bridgehead atoms. The second-order valence-corrected chi connectivity index (χ2v) is 7.67. The molecule has 0 aliphatic heterocycles. The van der Waals surface area contributed by atoms with Gasteiger partial charge >= 0.3 is 0 Å². The normalized spacial score (nSPS) is 27.4. The second kappa shape index (κ2) is 6.10. The lowest BCUT2D eigenvalue weighted by Gasteiger charge is -2.19. The van der Waals surface area contributed by atoms with E-state index in [0.29, 0.717) is 0 Å². The van der Waals surface area contributed by atoms with Crippen molar-refractivity contribution in [3.63, 3.8) is 0 Å². The van der Waals surface area contributed by atoms with Crippen LogP contribution in [0.2, 0.25) is 0 Å². The summed E-state index contributed by atoms with van der Waals surface area (Å²) in [7, 11) is -1.03. The quantitative estimate of drug-likeness (QED) is 0.777. The third-order valence-corrected chi connectivity index (χ3v) is 6.53. The van der Waals surface area contributed by atoms with E-state index in [2.05, 4.69) is 18.2 Å². The van der Waals surface area contributed by atoms with Crippen LogP contribution in [0.4, 0.5) is 0 Å². The topological polar surface area (TPSA) is 40.9 Å². The maximum Gasteiger partial charge on any atom is 0.0668 e. The minimum atomic E-state index is -1.03. The molecule has 2 nitrogen and oxygen atoms in total. The molecule has 0 N–H and O–H groups in total. The summed E-state index contributed by atoms with van der Waals surface area (Å²) in [6, 6.07) is 8.71. The van der Waals surface area contributed by atoms with Gasteiger partial charge in [-0.25, -0.2) is 0 Å². The van der Waals surface area contributed by atoms with E-state index in [0.717, 1.165) is 43.4 Å². The summed E-state index contributed by atoms with van der Waals surface area (Å²) < 4.78 is 12.9. The number of nitriles is 1. The Labute approximate surface area is 123 Å². The molecule has 1 aromatic carbocycles. The van der Waals surface area contributed by atoms with Crippen molar-refractivity contribution in [1.29, 1.82) is 5.26 Å². The van der Waals surface area contributed by atoms with Crippen molar-refractivity contribution in [2.45, 2.75) is 61.5 Å². The van der Waals surface area contributed by atoms with Crippen molar-refractivity contribution in [1.82, 2.24) is 0 Å².